The fraction of sp³-hybridized carbons (Fsp3) is 0.348. The fourth-order valence-corrected chi connectivity index (χ4v) is 3.82. The normalized spacial score (nSPS) is 19.7. The molecule has 0 bridgehead atoms. The van der Waals surface area contributed by atoms with Crippen LogP contribution in [0.2, 0.25) is 0 Å². The summed E-state index contributed by atoms with van der Waals surface area (Å²) >= 11 is 0. The minimum atomic E-state index is -1.13. The maximum atomic E-state index is 13.1. The number of imide groups is 1. The van der Waals surface area contributed by atoms with Crippen molar-refractivity contribution in [1.29, 1.82) is 0 Å². The summed E-state index contributed by atoms with van der Waals surface area (Å²) in [5, 5.41) is 5.66. The third-order valence-electron chi connectivity index (χ3n) is 5.57. The van der Waals surface area contributed by atoms with Crippen molar-refractivity contribution in [3.8, 4) is 0 Å². The summed E-state index contributed by atoms with van der Waals surface area (Å²) in [5.41, 5.74) is 0.659. The number of benzene rings is 2. The molecule has 0 saturated carbocycles. The number of carbonyl (C=O) groups excluding carboxylic acids is 3. The van der Waals surface area contributed by atoms with Crippen molar-refractivity contribution in [3.05, 3.63) is 71.8 Å². The van der Waals surface area contributed by atoms with E-state index in [0.717, 1.165) is 10.5 Å². The molecule has 1 fully saturated rings. The second-order valence-corrected chi connectivity index (χ2v) is 7.64. The van der Waals surface area contributed by atoms with Crippen molar-refractivity contribution >= 4 is 17.8 Å². The first kappa shape index (κ1) is 21.5. The van der Waals surface area contributed by atoms with E-state index in [1.54, 1.807) is 0 Å². The highest BCUT2D eigenvalue weighted by Crippen LogP contribution is 2.32. The number of carbonyl (C=O) groups is 3. The SMILES string of the molecule is CC[C@@]1(c2ccccc2)NC(=O)N(CC(=O)NC[C@H](c2ccccc2)N(C)C)C1=O. The average Bonchev–Trinajstić information content (AvgIpc) is 3.00. The minimum absolute atomic E-state index is 0.0164. The number of rotatable bonds is 8. The van der Waals surface area contributed by atoms with Crippen LogP contribution in [0.3, 0.4) is 0 Å². The van der Waals surface area contributed by atoms with E-state index < -0.39 is 17.5 Å². The molecule has 0 aliphatic carbocycles. The fourth-order valence-electron chi connectivity index (χ4n) is 3.82. The zero-order valence-electron chi connectivity index (χ0n) is 17.6. The number of hydrogen-bond acceptors (Lipinski definition) is 4. The molecule has 3 rings (SSSR count). The van der Waals surface area contributed by atoms with Crippen LogP contribution in [0.15, 0.2) is 60.7 Å². The van der Waals surface area contributed by atoms with Gasteiger partial charge in [0.05, 0.1) is 6.04 Å². The van der Waals surface area contributed by atoms with Crippen molar-refractivity contribution in [2.24, 2.45) is 0 Å². The summed E-state index contributed by atoms with van der Waals surface area (Å²) in [7, 11) is 3.88. The first-order chi connectivity index (χ1) is 14.4. The van der Waals surface area contributed by atoms with Crippen LogP contribution in [-0.2, 0) is 15.1 Å². The standard InChI is InChI=1S/C23H28N4O3/c1-4-23(18-13-9-6-10-14-18)21(29)27(22(30)25-23)16-20(28)24-15-19(26(2)3)17-11-7-5-8-12-17/h5-14,19H,4,15-16H2,1-3H3,(H,24,28)(H,25,30)/t19-,23+/m1/s1. The first-order valence-electron chi connectivity index (χ1n) is 10.1. The van der Waals surface area contributed by atoms with E-state index in [0.29, 0.717) is 18.5 Å². The summed E-state index contributed by atoms with van der Waals surface area (Å²) in [6.45, 7) is 1.90. The van der Waals surface area contributed by atoms with Gasteiger partial charge in [-0.15, -0.1) is 0 Å². The van der Waals surface area contributed by atoms with E-state index in [9.17, 15) is 14.4 Å². The lowest BCUT2D eigenvalue weighted by atomic mass is 9.87. The van der Waals surface area contributed by atoms with Crippen molar-refractivity contribution in [2.75, 3.05) is 27.2 Å². The molecule has 0 spiro atoms. The Morgan fingerprint density at radius 3 is 2.23 bits per heavy atom. The molecule has 0 radical (unpaired) electrons. The zero-order chi connectivity index (χ0) is 21.7. The van der Waals surface area contributed by atoms with E-state index in [4.69, 9.17) is 0 Å². The Bertz CT molecular complexity index is 901. The molecule has 2 aromatic rings. The van der Waals surface area contributed by atoms with E-state index in [1.165, 1.54) is 0 Å². The van der Waals surface area contributed by atoms with Gasteiger partial charge >= 0.3 is 6.03 Å². The molecule has 2 aromatic carbocycles. The van der Waals surface area contributed by atoms with Crippen LogP contribution in [0, 0.1) is 0 Å². The molecule has 1 heterocycles. The van der Waals surface area contributed by atoms with Crippen molar-refractivity contribution in [3.63, 3.8) is 0 Å². The molecule has 1 saturated heterocycles. The molecule has 1 aliphatic heterocycles. The van der Waals surface area contributed by atoms with Crippen LogP contribution in [0.1, 0.15) is 30.5 Å². The quantitative estimate of drug-likeness (QED) is 0.657. The van der Waals surface area contributed by atoms with Gasteiger partial charge < -0.3 is 15.5 Å². The molecule has 0 unspecified atom stereocenters. The maximum Gasteiger partial charge on any atom is 0.325 e. The van der Waals surface area contributed by atoms with Crippen molar-refractivity contribution in [2.45, 2.75) is 24.9 Å². The van der Waals surface area contributed by atoms with E-state index >= 15 is 0 Å². The van der Waals surface area contributed by atoms with Gasteiger partial charge in [0.2, 0.25) is 5.91 Å². The van der Waals surface area contributed by atoms with Crippen LogP contribution in [0.25, 0.3) is 0 Å². The van der Waals surface area contributed by atoms with Gasteiger partial charge in [-0.3, -0.25) is 14.5 Å². The third-order valence-corrected chi connectivity index (χ3v) is 5.57. The van der Waals surface area contributed by atoms with Gasteiger partial charge in [-0.25, -0.2) is 4.79 Å². The maximum absolute atomic E-state index is 13.1. The van der Waals surface area contributed by atoms with Crippen molar-refractivity contribution < 1.29 is 14.4 Å². The van der Waals surface area contributed by atoms with Gasteiger partial charge in [0.25, 0.3) is 5.91 Å². The Labute approximate surface area is 177 Å². The highest BCUT2D eigenvalue weighted by atomic mass is 16.2. The van der Waals surface area contributed by atoms with Crippen LogP contribution in [0.5, 0.6) is 0 Å². The molecule has 0 aromatic heterocycles. The lowest BCUT2D eigenvalue weighted by Gasteiger charge is -2.26. The van der Waals surface area contributed by atoms with Gasteiger partial charge in [0.1, 0.15) is 12.1 Å². The largest absolute Gasteiger partial charge is 0.353 e. The second kappa shape index (κ2) is 9.09. The molecule has 2 N–H and O–H groups in total. The van der Waals surface area contributed by atoms with Crippen LogP contribution < -0.4 is 10.6 Å². The lowest BCUT2D eigenvalue weighted by Crippen LogP contribution is -2.45. The van der Waals surface area contributed by atoms with Gasteiger partial charge in [-0.2, -0.15) is 0 Å². The van der Waals surface area contributed by atoms with Gasteiger partial charge in [-0.1, -0.05) is 67.6 Å². The number of amides is 4. The van der Waals surface area contributed by atoms with E-state index in [1.807, 2.05) is 86.6 Å². The second-order valence-electron chi connectivity index (χ2n) is 7.64. The number of hydrogen-bond donors (Lipinski definition) is 2. The highest BCUT2D eigenvalue weighted by Gasteiger charge is 2.51. The summed E-state index contributed by atoms with van der Waals surface area (Å²) in [4.78, 5) is 41.3. The van der Waals surface area contributed by atoms with Crippen LogP contribution >= 0.6 is 0 Å². The lowest BCUT2D eigenvalue weighted by molar-refractivity contribution is -0.135. The highest BCUT2D eigenvalue weighted by molar-refractivity contribution is 6.09. The topological polar surface area (TPSA) is 81.8 Å². The van der Waals surface area contributed by atoms with Gasteiger partial charge in [-0.05, 0) is 31.6 Å². The molecular formula is C23H28N4O3. The first-order valence-corrected chi connectivity index (χ1v) is 10.1. The number of urea groups is 1. The summed E-state index contributed by atoms with van der Waals surface area (Å²) < 4.78 is 0. The minimum Gasteiger partial charge on any atom is -0.353 e. The summed E-state index contributed by atoms with van der Waals surface area (Å²) in [6, 6.07) is 18.4. The average molecular weight is 409 g/mol. The molecular weight excluding hydrogens is 380 g/mol. The number of likely N-dealkylation sites (N-methyl/N-ethyl adjacent to an activating group) is 1. The van der Waals surface area contributed by atoms with Gasteiger partial charge in [0.15, 0.2) is 0 Å². The Balaban J connectivity index is 1.68. The Morgan fingerprint density at radius 2 is 1.67 bits per heavy atom. The molecule has 7 nitrogen and oxygen atoms in total. The van der Waals surface area contributed by atoms with E-state index in [-0.39, 0.29) is 18.5 Å². The summed E-state index contributed by atoms with van der Waals surface area (Å²) in [6.07, 6.45) is 0.399. The number of nitrogens with one attached hydrogen (secondary N) is 2. The van der Waals surface area contributed by atoms with E-state index in [2.05, 4.69) is 10.6 Å². The number of nitrogens with zero attached hydrogens (tertiary/aromatic N) is 2. The molecule has 158 valence electrons. The third kappa shape index (κ3) is 4.21. The predicted octanol–water partition coefficient (Wildman–Crippen LogP) is 2.26. The Kier molecular flexibility index (Phi) is 6.52. The Hall–Kier alpha value is -3.19. The van der Waals surface area contributed by atoms with Gasteiger partial charge in [0, 0.05) is 6.54 Å². The molecule has 2 atom stereocenters. The molecule has 1 aliphatic rings. The van der Waals surface area contributed by atoms with Crippen LogP contribution in [0.4, 0.5) is 4.79 Å². The van der Waals surface area contributed by atoms with Crippen molar-refractivity contribution in [1.82, 2.24) is 20.4 Å². The predicted molar refractivity (Wildman–Crippen MR) is 115 cm³/mol. The van der Waals surface area contributed by atoms with Crippen LogP contribution in [-0.4, -0.2) is 54.8 Å². The molecule has 30 heavy (non-hydrogen) atoms. The summed E-state index contributed by atoms with van der Waals surface area (Å²) in [5.74, 6) is -0.773. The monoisotopic (exact) mass is 408 g/mol. The molecule has 4 amide bonds. The zero-order valence-corrected chi connectivity index (χ0v) is 17.6. The Morgan fingerprint density at radius 1 is 1.07 bits per heavy atom. The smallest absolute Gasteiger partial charge is 0.325 e. The molecule has 7 heteroatoms.